The maximum atomic E-state index is 12.5. The van der Waals surface area contributed by atoms with Crippen molar-refractivity contribution in [1.82, 2.24) is 19.8 Å². The summed E-state index contributed by atoms with van der Waals surface area (Å²) in [6.07, 6.45) is 3.71. The van der Waals surface area contributed by atoms with Gasteiger partial charge in [-0.3, -0.25) is 9.48 Å². The van der Waals surface area contributed by atoms with Crippen LogP contribution in [0.3, 0.4) is 0 Å². The number of carbonyl (C=O) groups is 1. The predicted molar refractivity (Wildman–Crippen MR) is 90.4 cm³/mol. The average Bonchev–Trinajstić information content (AvgIpc) is 3.24. The molecule has 0 N–H and O–H groups in total. The zero-order valence-corrected chi connectivity index (χ0v) is 14.1. The van der Waals surface area contributed by atoms with Crippen LogP contribution in [0.4, 0.5) is 0 Å². The number of benzene rings is 1. The lowest BCUT2D eigenvalue weighted by Crippen LogP contribution is -2.26. The van der Waals surface area contributed by atoms with Gasteiger partial charge in [0.25, 0.3) is 5.91 Å². The maximum absolute atomic E-state index is 12.5. The van der Waals surface area contributed by atoms with E-state index in [4.69, 9.17) is 4.52 Å². The van der Waals surface area contributed by atoms with Gasteiger partial charge in [-0.05, 0) is 13.8 Å². The highest BCUT2D eigenvalue weighted by Crippen LogP contribution is 2.21. The van der Waals surface area contributed by atoms with Crippen LogP contribution in [-0.4, -0.2) is 32.8 Å². The molecule has 0 aliphatic heterocycles. The molecule has 0 bridgehead atoms. The number of carbonyl (C=O) groups excluding carboxylic acids is 1. The van der Waals surface area contributed by atoms with Crippen LogP contribution in [-0.2, 0) is 13.1 Å². The first-order chi connectivity index (χ1) is 11.6. The molecule has 124 valence electrons. The van der Waals surface area contributed by atoms with Crippen molar-refractivity contribution < 1.29 is 9.32 Å². The topological polar surface area (TPSA) is 64.2 Å². The van der Waals surface area contributed by atoms with Gasteiger partial charge in [-0.1, -0.05) is 35.0 Å². The van der Waals surface area contributed by atoms with E-state index in [1.807, 2.05) is 49.0 Å². The molecule has 6 heteroatoms. The Morgan fingerprint density at radius 1 is 1.29 bits per heavy atom. The van der Waals surface area contributed by atoms with Crippen molar-refractivity contribution in [3.63, 3.8) is 0 Å². The molecule has 0 aliphatic rings. The van der Waals surface area contributed by atoms with E-state index in [-0.39, 0.29) is 5.91 Å². The summed E-state index contributed by atoms with van der Waals surface area (Å²) in [7, 11) is 1.74. The van der Waals surface area contributed by atoms with E-state index in [0.29, 0.717) is 18.0 Å². The molecule has 0 atom stereocenters. The molecule has 2 aromatic heterocycles. The molecule has 24 heavy (non-hydrogen) atoms. The summed E-state index contributed by atoms with van der Waals surface area (Å²) in [4.78, 5) is 14.1. The van der Waals surface area contributed by atoms with Gasteiger partial charge in [0.2, 0.25) is 0 Å². The SMILES string of the molecule is CCn1cc(CN(C)C(=O)c2cc(-c3ccc(C)cc3)on2)cn1. The molecule has 1 aromatic carbocycles. The van der Waals surface area contributed by atoms with E-state index in [1.165, 1.54) is 5.56 Å². The summed E-state index contributed by atoms with van der Waals surface area (Å²) in [6, 6.07) is 9.58. The van der Waals surface area contributed by atoms with E-state index in [9.17, 15) is 4.79 Å². The molecule has 0 fully saturated rings. The van der Waals surface area contributed by atoms with Gasteiger partial charge < -0.3 is 9.42 Å². The summed E-state index contributed by atoms with van der Waals surface area (Å²) in [6.45, 7) is 5.33. The van der Waals surface area contributed by atoms with Gasteiger partial charge >= 0.3 is 0 Å². The lowest BCUT2D eigenvalue weighted by molar-refractivity contribution is 0.0775. The zero-order chi connectivity index (χ0) is 17.1. The molecule has 0 radical (unpaired) electrons. The van der Waals surface area contributed by atoms with Crippen LogP contribution < -0.4 is 0 Å². The molecule has 0 saturated heterocycles. The summed E-state index contributed by atoms with van der Waals surface area (Å²) in [5, 5.41) is 8.13. The van der Waals surface area contributed by atoms with E-state index >= 15 is 0 Å². The lowest BCUT2D eigenvalue weighted by atomic mass is 10.1. The third kappa shape index (κ3) is 3.37. The second-order valence-corrected chi connectivity index (χ2v) is 5.81. The third-order valence-corrected chi connectivity index (χ3v) is 3.84. The summed E-state index contributed by atoms with van der Waals surface area (Å²) in [5.41, 5.74) is 3.35. The smallest absolute Gasteiger partial charge is 0.276 e. The number of hydrogen-bond donors (Lipinski definition) is 0. The molecule has 3 rings (SSSR count). The monoisotopic (exact) mass is 324 g/mol. The highest BCUT2D eigenvalue weighted by Gasteiger charge is 2.18. The van der Waals surface area contributed by atoms with E-state index in [2.05, 4.69) is 10.3 Å². The number of hydrogen-bond acceptors (Lipinski definition) is 4. The van der Waals surface area contributed by atoms with Crippen molar-refractivity contribution in [2.24, 2.45) is 0 Å². The first kappa shape index (κ1) is 16.0. The Balaban J connectivity index is 1.71. The van der Waals surface area contributed by atoms with Gasteiger partial charge in [0, 0.05) is 43.5 Å². The van der Waals surface area contributed by atoms with Gasteiger partial charge in [-0.2, -0.15) is 5.10 Å². The number of aryl methyl sites for hydroxylation is 2. The number of aromatic nitrogens is 3. The zero-order valence-electron chi connectivity index (χ0n) is 14.1. The Morgan fingerprint density at radius 2 is 2.04 bits per heavy atom. The fourth-order valence-electron chi connectivity index (χ4n) is 2.43. The third-order valence-electron chi connectivity index (χ3n) is 3.84. The van der Waals surface area contributed by atoms with Crippen molar-refractivity contribution in [3.8, 4) is 11.3 Å². The standard InChI is InChI=1S/C18H20N4O2/c1-4-22-12-14(10-19-22)11-21(3)18(23)16-9-17(24-20-16)15-7-5-13(2)6-8-15/h5-10,12H,4,11H2,1-3H3. The normalized spacial score (nSPS) is 10.8. The van der Waals surface area contributed by atoms with Crippen molar-refractivity contribution in [1.29, 1.82) is 0 Å². The highest BCUT2D eigenvalue weighted by atomic mass is 16.5. The number of rotatable bonds is 5. The van der Waals surface area contributed by atoms with Gasteiger partial charge in [0.1, 0.15) is 0 Å². The summed E-state index contributed by atoms with van der Waals surface area (Å²) < 4.78 is 7.15. The minimum absolute atomic E-state index is 0.179. The first-order valence-electron chi connectivity index (χ1n) is 7.87. The summed E-state index contributed by atoms with van der Waals surface area (Å²) in [5.74, 6) is 0.409. The molecule has 0 saturated carbocycles. The Labute approximate surface area is 140 Å². The Bertz CT molecular complexity index is 833. The molecule has 0 unspecified atom stereocenters. The van der Waals surface area contributed by atoms with Crippen molar-refractivity contribution in [2.75, 3.05) is 7.05 Å². The molecule has 0 aliphatic carbocycles. The van der Waals surface area contributed by atoms with Crippen LogP contribution in [0.15, 0.2) is 47.2 Å². The quantitative estimate of drug-likeness (QED) is 0.723. The number of amides is 1. The van der Waals surface area contributed by atoms with Gasteiger partial charge in [-0.25, -0.2) is 0 Å². The van der Waals surface area contributed by atoms with Crippen molar-refractivity contribution >= 4 is 5.91 Å². The number of nitrogens with zero attached hydrogens (tertiary/aromatic N) is 4. The van der Waals surface area contributed by atoms with Gasteiger partial charge in [0.05, 0.1) is 6.20 Å². The van der Waals surface area contributed by atoms with Gasteiger partial charge in [-0.15, -0.1) is 0 Å². The minimum atomic E-state index is -0.179. The molecule has 3 aromatic rings. The Morgan fingerprint density at radius 3 is 2.71 bits per heavy atom. The minimum Gasteiger partial charge on any atom is -0.355 e. The summed E-state index contributed by atoms with van der Waals surface area (Å²) >= 11 is 0. The maximum Gasteiger partial charge on any atom is 0.276 e. The van der Waals surface area contributed by atoms with Crippen LogP contribution >= 0.6 is 0 Å². The van der Waals surface area contributed by atoms with Crippen LogP contribution in [0.2, 0.25) is 0 Å². The molecule has 2 heterocycles. The van der Waals surface area contributed by atoms with E-state index < -0.39 is 0 Å². The average molecular weight is 324 g/mol. The first-order valence-corrected chi connectivity index (χ1v) is 7.87. The lowest BCUT2D eigenvalue weighted by Gasteiger charge is -2.13. The Hall–Kier alpha value is -2.89. The van der Waals surface area contributed by atoms with Crippen LogP contribution in [0, 0.1) is 6.92 Å². The van der Waals surface area contributed by atoms with E-state index in [1.54, 1.807) is 24.2 Å². The highest BCUT2D eigenvalue weighted by molar-refractivity contribution is 5.92. The van der Waals surface area contributed by atoms with Crippen molar-refractivity contribution in [3.05, 3.63) is 59.5 Å². The molecule has 1 amide bonds. The predicted octanol–water partition coefficient (Wildman–Crippen LogP) is 3.14. The fraction of sp³-hybridized carbons (Fsp3) is 0.278. The van der Waals surface area contributed by atoms with Crippen molar-refractivity contribution in [2.45, 2.75) is 26.9 Å². The molecular weight excluding hydrogens is 304 g/mol. The fourth-order valence-corrected chi connectivity index (χ4v) is 2.43. The molecular formula is C18H20N4O2. The van der Waals surface area contributed by atoms with Crippen LogP contribution in [0.25, 0.3) is 11.3 Å². The van der Waals surface area contributed by atoms with Crippen LogP contribution in [0.5, 0.6) is 0 Å². The Kier molecular flexibility index (Phi) is 4.46. The van der Waals surface area contributed by atoms with Crippen LogP contribution in [0.1, 0.15) is 28.5 Å². The molecule has 6 nitrogen and oxygen atoms in total. The van der Waals surface area contributed by atoms with Gasteiger partial charge in [0.15, 0.2) is 11.5 Å². The second kappa shape index (κ2) is 6.70. The molecule has 0 spiro atoms. The largest absolute Gasteiger partial charge is 0.355 e. The second-order valence-electron chi connectivity index (χ2n) is 5.81. The van der Waals surface area contributed by atoms with E-state index in [0.717, 1.165) is 17.7 Å².